The summed E-state index contributed by atoms with van der Waals surface area (Å²) in [4.78, 5) is 39.9. The summed E-state index contributed by atoms with van der Waals surface area (Å²) in [5, 5.41) is 31.9. The van der Waals surface area contributed by atoms with Gasteiger partial charge in [-0.3, -0.25) is 0 Å². The van der Waals surface area contributed by atoms with Crippen LogP contribution in [0.4, 0.5) is 0 Å². The van der Waals surface area contributed by atoms with Crippen molar-refractivity contribution in [3.63, 3.8) is 0 Å². The Hall–Kier alpha value is -2.74. The van der Waals surface area contributed by atoms with E-state index in [1.54, 1.807) is 0 Å². The first-order valence-electron chi connectivity index (χ1n) is 9.40. The zero-order chi connectivity index (χ0) is 24.5. The van der Waals surface area contributed by atoms with Crippen molar-refractivity contribution >= 4 is 23.9 Å². The molecule has 0 bridgehead atoms. The van der Waals surface area contributed by atoms with Crippen LogP contribution in [0.2, 0.25) is 0 Å². The van der Waals surface area contributed by atoms with E-state index in [0.717, 1.165) is 13.0 Å². The Balaban J connectivity index is -0.000000167. The molecule has 0 aromatic heterocycles. The predicted molar refractivity (Wildman–Crippen MR) is 115 cm³/mol. The maximum absolute atomic E-state index is 9.98. The van der Waals surface area contributed by atoms with Crippen LogP contribution in [-0.4, -0.2) is 77.3 Å². The minimum absolute atomic E-state index is 0. The van der Waals surface area contributed by atoms with Crippen molar-refractivity contribution in [1.82, 2.24) is 6.15 Å². The van der Waals surface area contributed by atoms with Gasteiger partial charge >= 0.3 is 23.9 Å². The lowest BCUT2D eigenvalue weighted by atomic mass is 10.2. The summed E-state index contributed by atoms with van der Waals surface area (Å²) in [5.74, 6) is -4.24. The van der Waals surface area contributed by atoms with Gasteiger partial charge in [-0.2, -0.15) is 0 Å². The Bertz CT molecular complexity index is 537. The van der Waals surface area contributed by atoms with Gasteiger partial charge in [-0.1, -0.05) is 57.0 Å². The summed E-state index contributed by atoms with van der Waals surface area (Å²) in [6, 6.07) is 10.3. The number of unbranched alkanes of at least 4 members (excludes halogenated alkanes) is 1. The van der Waals surface area contributed by atoms with Gasteiger partial charge in [0, 0.05) is 0 Å². The minimum Gasteiger partial charge on any atom is -0.390 e. The van der Waals surface area contributed by atoms with E-state index in [9.17, 15) is 19.2 Å². The number of aliphatic hydroxyl groups excluding tert-OH is 4. The first-order valence-corrected chi connectivity index (χ1v) is 9.40. The lowest BCUT2D eigenvalue weighted by molar-refractivity contribution is -0.165. The van der Waals surface area contributed by atoms with E-state index >= 15 is 0 Å². The van der Waals surface area contributed by atoms with Gasteiger partial charge in [0.1, 0.15) is 26.4 Å². The zero-order valence-corrected chi connectivity index (χ0v) is 18.6. The fourth-order valence-electron chi connectivity index (χ4n) is 1.19. The summed E-state index contributed by atoms with van der Waals surface area (Å²) >= 11 is 0. The van der Waals surface area contributed by atoms with Gasteiger partial charge in [0.15, 0.2) is 0 Å². The lowest BCUT2D eigenvalue weighted by Crippen LogP contribution is -2.17. The van der Waals surface area contributed by atoms with Gasteiger partial charge in [-0.15, -0.1) is 0 Å². The SMILES string of the molecule is CCCC.N.NCCc1ccccc1.O=C(CO)OC(=O)CO.O=C(CO)OC(=O)CO. The number of aliphatic hydroxyl groups is 4. The van der Waals surface area contributed by atoms with Crippen LogP contribution in [0.15, 0.2) is 30.3 Å². The third-order valence-electron chi connectivity index (χ3n) is 2.75. The van der Waals surface area contributed by atoms with Crippen molar-refractivity contribution in [3.05, 3.63) is 35.9 Å². The number of benzene rings is 1. The van der Waals surface area contributed by atoms with E-state index in [0.29, 0.717) is 0 Å². The number of ether oxygens (including phenoxy) is 2. The monoisotopic (exact) mass is 464 g/mol. The molecule has 12 heteroatoms. The van der Waals surface area contributed by atoms with Crippen molar-refractivity contribution in [3.8, 4) is 0 Å². The standard InChI is InChI=1S/C8H11N.2C4H6O5.C4H10.H3N/c9-7-6-8-4-2-1-3-5-8;2*5-1-3(7)9-4(8)2-6;1-3-4-2;/h1-5H,6-7,9H2;2*5-6H,1-2H2;3-4H2,1-2H3;1H3. The van der Waals surface area contributed by atoms with Crippen molar-refractivity contribution in [2.45, 2.75) is 33.1 Å². The molecule has 0 heterocycles. The Kier molecular flexibility index (Phi) is 32.3. The van der Waals surface area contributed by atoms with Crippen molar-refractivity contribution < 1.29 is 49.1 Å². The number of hydrogen-bond donors (Lipinski definition) is 6. The van der Waals surface area contributed by atoms with E-state index in [2.05, 4.69) is 35.5 Å². The highest BCUT2D eigenvalue weighted by Crippen LogP contribution is 1.96. The number of carbonyl (C=O) groups is 4. The van der Waals surface area contributed by atoms with E-state index < -0.39 is 50.3 Å². The summed E-state index contributed by atoms with van der Waals surface area (Å²) in [5.41, 5.74) is 6.68. The molecule has 0 saturated carbocycles. The molecule has 1 aromatic carbocycles. The van der Waals surface area contributed by atoms with E-state index in [1.165, 1.54) is 18.4 Å². The quantitative estimate of drug-likeness (QED) is 0.216. The molecule has 1 aromatic rings. The molecule has 32 heavy (non-hydrogen) atoms. The van der Waals surface area contributed by atoms with Gasteiger partial charge in [-0.25, -0.2) is 19.2 Å². The number of carbonyl (C=O) groups excluding carboxylic acids is 4. The molecule has 1 rings (SSSR count). The molecule has 0 fully saturated rings. The van der Waals surface area contributed by atoms with Crippen LogP contribution in [0.1, 0.15) is 32.3 Å². The first kappa shape index (κ1) is 36.6. The molecule has 0 spiro atoms. The fourth-order valence-corrected chi connectivity index (χ4v) is 1.19. The molecule has 0 aliphatic rings. The zero-order valence-electron chi connectivity index (χ0n) is 18.6. The molecule has 0 saturated heterocycles. The smallest absolute Gasteiger partial charge is 0.339 e. The van der Waals surface area contributed by atoms with Gasteiger partial charge in [0.2, 0.25) is 0 Å². The third kappa shape index (κ3) is 29.5. The van der Waals surface area contributed by atoms with Crippen LogP contribution in [-0.2, 0) is 35.1 Å². The maximum Gasteiger partial charge on any atom is 0.339 e. The molecule has 12 nitrogen and oxygen atoms in total. The molecule has 0 atom stereocenters. The second-order valence-corrected chi connectivity index (χ2v) is 5.35. The van der Waals surface area contributed by atoms with Crippen LogP contribution in [0.3, 0.4) is 0 Å². The largest absolute Gasteiger partial charge is 0.390 e. The highest BCUT2D eigenvalue weighted by Gasteiger charge is 2.06. The first-order chi connectivity index (χ1) is 14.7. The van der Waals surface area contributed by atoms with E-state index in [-0.39, 0.29) is 6.15 Å². The molecule has 0 aliphatic carbocycles. The maximum atomic E-state index is 9.98. The average molecular weight is 465 g/mol. The van der Waals surface area contributed by atoms with Crippen molar-refractivity contribution in [2.75, 3.05) is 33.0 Å². The van der Waals surface area contributed by atoms with Gasteiger partial charge in [-0.05, 0) is 18.5 Å². The predicted octanol–water partition coefficient (Wildman–Crippen LogP) is -0.762. The van der Waals surface area contributed by atoms with Gasteiger partial charge in [0.25, 0.3) is 0 Å². The molecule has 0 unspecified atom stereocenters. The highest BCUT2D eigenvalue weighted by atomic mass is 16.6. The minimum atomic E-state index is -1.06. The number of nitrogens with two attached hydrogens (primary N) is 1. The Morgan fingerprint density at radius 2 is 1.03 bits per heavy atom. The van der Waals surface area contributed by atoms with E-state index in [1.807, 2.05) is 18.2 Å². The Morgan fingerprint density at radius 1 is 0.719 bits per heavy atom. The highest BCUT2D eigenvalue weighted by molar-refractivity contribution is 5.86. The van der Waals surface area contributed by atoms with Crippen LogP contribution in [0, 0.1) is 0 Å². The Morgan fingerprint density at radius 3 is 1.25 bits per heavy atom. The van der Waals surface area contributed by atoms with Gasteiger partial charge in [0.05, 0.1) is 0 Å². The number of esters is 4. The second kappa shape index (κ2) is 28.3. The molecule has 0 aliphatic heterocycles. The summed E-state index contributed by atoms with van der Waals surface area (Å²) in [6.07, 6.45) is 3.63. The average Bonchev–Trinajstić information content (AvgIpc) is 2.80. The van der Waals surface area contributed by atoms with E-state index in [4.69, 9.17) is 26.2 Å². The third-order valence-corrected chi connectivity index (χ3v) is 2.75. The number of rotatable bonds is 7. The molecule has 0 radical (unpaired) electrons. The fraction of sp³-hybridized carbons (Fsp3) is 0.500. The summed E-state index contributed by atoms with van der Waals surface area (Å²) in [7, 11) is 0. The van der Waals surface area contributed by atoms with Crippen LogP contribution in [0.5, 0.6) is 0 Å². The Labute approximate surface area is 187 Å². The van der Waals surface area contributed by atoms with Crippen LogP contribution in [0.25, 0.3) is 0 Å². The second-order valence-electron chi connectivity index (χ2n) is 5.35. The van der Waals surface area contributed by atoms with Crippen LogP contribution >= 0.6 is 0 Å². The molecular formula is C20H36N2O10. The lowest BCUT2D eigenvalue weighted by Gasteiger charge is -1.94. The molecular weight excluding hydrogens is 428 g/mol. The summed E-state index contributed by atoms with van der Waals surface area (Å²) in [6.45, 7) is 1.68. The topological polar surface area (TPSA) is 229 Å². The summed E-state index contributed by atoms with van der Waals surface area (Å²) < 4.78 is 7.54. The van der Waals surface area contributed by atoms with Crippen molar-refractivity contribution in [2.24, 2.45) is 5.73 Å². The molecule has 9 N–H and O–H groups in total. The molecule has 186 valence electrons. The molecule has 0 amide bonds. The normalized spacial score (nSPS) is 8.47. The van der Waals surface area contributed by atoms with Crippen molar-refractivity contribution in [1.29, 1.82) is 0 Å². The number of hydrogen-bond acceptors (Lipinski definition) is 12. The van der Waals surface area contributed by atoms with Gasteiger partial charge < -0.3 is 41.8 Å². The van der Waals surface area contributed by atoms with Crippen LogP contribution < -0.4 is 11.9 Å².